The second kappa shape index (κ2) is 6.56. The van der Waals surface area contributed by atoms with Gasteiger partial charge in [-0.3, -0.25) is 0 Å². The van der Waals surface area contributed by atoms with E-state index < -0.39 is 0 Å². The van der Waals surface area contributed by atoms with Crippen molar-refractivity contribution in [2.45, 2.75) is 58.4 Å². The number of rotatable bonds is 5. The predicted octanol–water partition coefficient (Wildman–Crippen LogP) is 3.90. The van der Waals surface area contributed by atoms with E-state index in [1.165, 1.54) is 12.8 Å². The van der Waals surface area contributed by atoms with E-state index in [1.807, 2.05) is 0 Å². The molecular weight excluding hydrogens is 258 g/mol. The average Bonchev–Trinajstić information content (AvgIpc) is 2.83. The first-order chi connectivity index (χ1) is 9.11. The van der Waals surface area contributed by atoms with Crippen molar-refractivity contribution < 1.29 is 0 Å². The molecule has 2 heterocycles. The van der Waals surface area contributed by atoms with E-state index in [0.717, 1.165) is 42.6 Å². The Kier molecular flexibility index (Phi) is 5.03. The number of aryl methyl sites for hydroxylation is 1. The summed E-state index contributed by atoms with van der Waals surface area (Å²) in [7, 11) is 0. The van der Waals surface area contributed by atoms with Gasteiger partial charge in [0.25, 0.3) is 0 Å². The second-order valence-electron chi connectivity index (χ2n) is 5.71. The molecule has 1 fully saturated rings. The monoisotopic (exact) mass is 281 g/mol. The Balaban J connectivity index is 2.20. The summed E-state index contributed by atoms with van der Waals surface area (Å²) in [6, 6.07) is 2.67. The lowest BCUT2D eigenvalue weighted by molar-refractivity contribution is 0.591. The third kappa shape index (κ3) is 3.59. The summed E-state index contributed by atoms with van der Waals surface area (Å²) < 4.78 is 0. The van der Waals surface area contributed by atoms with Crippen molar-refractivity contribution in [3.8, 4) is 0 Å². The number of halogens is 1. The smallest absolute Gasteiger partial charge is 0.226 e. The summed E-state index contributed by atoms with van der Waals surface area (Å²) in [5.41, 5.74) is 2.21. The van der Waals surface area contributed by atoms with E-state index in [2.05, 4.69) is 36.7 Å². The summed E-state index contributed by atoms with van der Waals surface area (Å²) in [5, 5.41) is 0. The minimum absolute atomic E-state index is 0.448. The first-order valence-corrected chi connectivity index (χ1v) is 7.83. The molecule has 2 rings (SSSR count). The Hall–Kier alpha value is -0.830. The van der Waals surface area contributed by atoms with Crippen LogP contribution in [0, 0.1) is 6.92 Å². The normalized spacial score (nSPS) is 19.4. The summed E-state index contributed by atoms with van der Waals surface area (Å²) in [4.78, 5) is 11.8. The molecule has 1 aliphatic rings. The predicted molar refractivity (Wildman–Crippen MR) is 81.2 cm³/mol. The number of aromatic nitrogens is 2. The number of anilines is 1. The molecule has 0 saturated carbocycles. The molecule has 1 saturated heterocycles. The quantitative estimate of drug-likeness (QED) is 0.767. The van der Waals surface area contributed by atoms with E-state index >= 15 is 0 Å². The highest BCUT2D eigenvalue weighted by Crippen LogP contribution is 2.27. The van der Waals surface area contributed by atoms with E-state index in [4.69, 9.17) is 16.6 Å². The fraction of sp³-hybridized carbons (Fsp3) is 0.733. The highest BCUT2D eigenvalue weighted by atomic mass is 35.5. The first kappa shape index (κ1) is 14.6. The Labute approximate surface area is 121 Å². The fourth-order valence-electron chi connectivity index (χ4n) is 2.71. The van der Waals surface area contributed by atoms with Crippen LogP contribution in [0.4, 0.5) is 5.95 Å². The summed E-state index contributed by atoms with van der Waals surface area (Å²) in [6.45, 7) is 7.50. The first-order valence-electron chi connectivity index (χ1n) is 7.30. The number of hydrogen-bond donors (Lipinski definition) is 0. The van der Waals surface area contributed by atoms with Gasteiger partial charge in [-0.15, -0.1) is 11.6 Å². The zero-order chi connectivity index (χ0) is 13.8. The molecule has 0 spiro atoms. The summed E-state index contributed by atoms with van der Waals surface area (Å²) in [5.74, 6) is 2.11. The second-order valence-corrected chi connectivity index (χ2v) is 6.09. The van der Waals surface area contributed by atoms with Crippen LogP contribution in [0.1, 0.15) is 56.8 Å². The van der Waals surface area contributed by atoms with Gasteiger partial charge in [-0.1, -0.05) is 13.8 Å². The summed E-state index contributed by atoms with van der Waals surface area (Å²) in [6.07, 6.45) is 4.70. The van der Waals surface area contributed by atoms with Crippen molar-refractivity contribution >= 4 is 17.5 Å². The van der Waals surface area contributed by atoms with Crippen LogP contribution in [-0.2, 0) is 0 Å². The average molecular weight is 282 g/mol. The van der Waals surface area contributed by atoms with Gasteiger partial charge in [0.05, 0.1) is 0 Å². The molecule has 3 nitrogen and oxygen atoms in total. The van der Waals surface area contributed by atoms with Crippen LogP contribution in [0.2, 0.25) is 0 Å². The molecule has 19 heavy (non-hydrogen) atoms. The molecule has 1 unspecified atom stereocenters. The molecule has 1 aromatic rings. The molecule has 0 amide bonds. The zero-order valence-corrected chi connectivity index (χ0v) is 13.0. The third-order valence-electron chi connectivity index (χ3n) is 3.76. The fourth-order valence-corrected chi connectivity index (χ4v) is 2.87. The Morgan fingerprint density at radius 1 is 1.42 bits per heavy atom. The van der Waals surface area contributed by atoms with Crippen LogP contribution in [0.5, 0.6) is 0 Å². The van der Waals surface area contributed by atoms with Crippen LogP contribution < -0.4 is 4.90 Å². The number of hydrogen-bond acceptors (Lipinski definition) is 3. The lowest BCUT2D eigenvalue weighted by atomic mass is 10.1. The number of nitrogens with zero attached hydrogens (tertiary/aromatic N) is 3. The maximum absolute atomic E-state index is 5.82. The van der Waals surface area contributed by atoms with E-state index in [0.29, 0.717) is 12.0 Å². The van der Waals surface area contributed by atoms with Gasteiger partial charge in [0.15, 0.2) is 0 Å². The van der Waals surface area contributed by atoms with E-state index in [-0.39, 0.29) is 0 Å². The maximum atomic E-state index is 5.82. The zero-order valence-electron chi connectivity index (χ0n) is 12.2. The summed E-state index contributed by atoms with van der Waals surface area (Å²) >= 11 is 5.82. The van der Waals surface area contributed by atoms with E-state index in [9.17, 15) is 0 Å². The Morgan fingerprint density at radius 2 is 2.21 bits per heavy atom. The maximum Gasteiger partial charge on any atom is 0.226 e. The molecule has 0 radical (unpaired) electrons. The van der Waals surface area contributed by atoms with Gasteiger partial charge in [-0.2, -0.15) is 0 Å². The van der Waals surface area contributed by atoms with Gasteiger partial charge in [-0.05, 0) is 44.6 Å². The highest BCUT2D eigenvalue weighted by Gasteiger charge is 2.26. The molecule has 1 aromatic heterocycles. The van der Waals surface area contributed by atoms with Crippen LogP contribution >= 0.6 is 11.6 Å². The molecule has 0 aromatic carbocycles. The van der Waals surface area contributed by atoms with Gasteiger partial charge >= 0.3 is 0 Å². The van der Waals surface area contributed by atoms with Gasteiger partial charge in [-0.25, -0.2) is 9.97 Å². The van der Waals surface area contributed by atoms with E-state index in [1.54, 1.807) is 0 Å². The van der Waals surface area contributed by atoms with Crippen molar-refractivity contribution in [1.82, 2.24) is 9.97 Å². The standard InChI is InChI=1S/C15H24ClN3/c1-11(2)14-10-12(3)17-15(18-14)19-9-5-7-13(19)6-4-8-16/h10-11,13H,4-9H2,1-3H3. The van der Waals surface area contributed by atoms with Gasteiger partial charge in [0.1, 0.15) is 0 Å². The Morgan fingerprint density at radius 3 is 2.89 bits per heavy atom. The lowest BCUT2D eigenvalue weighted by Gasteiger charge is -2.25. The van der Waals surface area contributed by atoms with Crippen molar-refractivity contribution in [1.29, 1.82) is 0 Å². The molecule has 0 aliphatic carbocycles. The molecule has 4 heteroatoms. The van der Waals surface area contributed by atoms with Crippen molar-refractivity contribution in [2.24, 2.45) is 0 Å². The van der Waals surface area contributed by atoms with Crippen LogP contribution in [0.3, 0.4) is 0 Å². The highest BCUT2D eigenvalue weighted by molar-refractivity contribution is 6.17. The molecular formula is C15H24ClN3. The van der Waals surface area contributed by atoms with Crippen LogP contribution in [0.25, 0.3) is 0 Å². The largest absolute Gasteiger partial charge is 0.338 e. The topological polar surface area (TPSA) is 29.0 Å². The minimum atomic E-state index is 0.448. The number of alkyl halides is 1. The molecule has 106 valence electrons. The van der Waals surface area contributed by atoms with Crippen molar-refractivity contribution in [3.05, 3.63) is 17.5 Å². The SMILES string of the molecule is Cc1cc(C(C)C)nc(N2CCCC2CCCCl)n1. The Bertz CT molecular complexity index is 420. The minimum Gasteiger partial charge on any atom is -0.338 e. The van der Waals surface area contributed by atoms with Gasteiger partial charge in [0, 0.05) is 29.9 Å². The van der Waals surface area contributed by atoms with Crippen molar-refractivity contribution in [3.63, 3.8) is 0 Å². The third-order valence-corrected chi connectivity index (χ3v) is 4.03. The molecule has 0 N–H and O–H groups in total. The van der Waals surface area contributed by atoms with Gasteiger partial charge in [0.2, 0.25) is 5.95 Å². The van der Waals surface area contributed by atoms with Crippen LogP contribution in [-0.4, -0.2) is 28.4 Å². The molecule has 1 aliphatic heterocycles. The van der Waals surface area contributed by atoms with Crippen molar-refractivity contribution in [2.75, 3.05) is 17.3 Å². The molecule has 0 bridgehead atoms. The lowest BCUT2D eigenvalue weighted by Crippen LogP contribution is -2.31. The van der Waals surface area contributed by atoms with Crippen LogP contribution in [0.15, 0.2) is 6.07 Å². The van der Waals surface area contributed by atoms with Gasteiger partial charge < -0.3 is 4.90 Å². The molecule has 1 atom stereocenters.